The molecule has 0 spiro atoms. The lowest BCUT2D eigenvalue weighted by molar-refractivity contribution is -0.117. The van der Waals surface area contributed by atoms with Crippen LogP contribution in [0, 0.1) is 13.8 Å². The molecular weight excluding hydrogens is 370 g/mol. The van der Waals surface area contributed by atoms with E-state index in [1.807, 2.05) is 36.9 Å². The molecule has 2 heterocycles. The van der Waals surface area contributed by atoms with E-state index in [9.17, 15) is 4.79 Å². The van der Waals surface area contributed by atoms with Crippen molar-refractivity contribution in [1.29, 1.82) is 0 Å². The number of methoxy groups -OCH3 is 2. The second-order valence-corrected chi connectivity index (χ2v) is 7.22. The molecule has 1 amide bonds. The molecule has 0 aliphatic carbocycles. The Kier molecular flexibility index (Phi) is 4.96. The lowest BCUT2D eigenvalue weighted by Gasteiger charge is -2.19. The Hall–Kier alpha value is -3.35. The zero-order valence-corrected chi connectivity index (χ0v) is 16.9. The Morgan fingerprint density at radius 3 is 2.59 bits per heavy atom. The number of benzene rings is 2. The molecule has 1 saturated heterocycles. The van der Waals surface area contributed by atoms with Crippen LogP contribution >= 0.6 is 0 Å². The fraction of sp³-hybridized carbons (Fsp3) is 0.318. The molecule has 0 radical (unpaired) electrons. The highest BCUT2D eigenvalue weighted by atomic mass is 16.5. The summed E-state index contributed by atoms with van der Waals surface area (Å²) < 4.78 is 16.1. The van der Waals surface area contributed by atoms with Gasteiger partial charge in [-0.15, -0.1) is 0 Å². The van der Waals surface area contributed by atoms with Gasteiger partial charge >= 0.3 is 0 Å². The Morgan fingerprint density at radius 1 is 1.07 bits per heavy atom. The van der Waals surface area contributed by atoms with Crippen molar-refractivity contribution < 1.29 is 18.8 Å². The lowest BCUT2D eigenvalue weighted by atomic mass is 10.1. The van der Waals surface area contributed by atoms with Gasteiger partial charge in [0.05, 0.1) is 14.2 Å². The van der Waals surface area contributed by atoms with Gasteiger partial charge < -0.3 is 18.9 Å². The Balaban J connectivity index is 1.57. The summed E-state index contributed by atoms with van der Waals surface area (Å²) in [7, 11) is 3.16. The molecule has 1 atom stereocenters. The molecule has 29 heavy (non-hydrogen) atoms. The Morgan fingerprint density at radius 2 is 1.86 bits per heavy atom. The first kappa shape index (κ1) is 19.0. The van der Waals surface area contributed by atoms with Crippen LogP contribution in [0.1, 0.15) is 29.3 Å². The number of aryl methyl sites for hydroxylation is 2. The average molecular weight is 393 g/mol. The molecule has 4 rings (SSSR count). The molecule has 0 N–H and O–H groups in total. The van der Waals surface area contributed by atoms with Crippen LogP contribution in [0.5, 0.6) is 11.5 Å². The number of aromatic nitrogens is 2. The van der Waals surface area contributed by atoms with Crippen molar-refractivity contribution in [3.63, 3.8) is 0 Å². The van der Waals surface area contributed by atoms with Crippen molar-refractivity contribution in [3.8, 4) is 23.0 Å². The molecule has 7 heteroatoms. The molecule has 1 unspecified atom stereocenters. The number of amides is 1. The summed E-state index contributed by atoms with van der Waals surface area (Å²) in [5.41, 5.74) is 3.92. The van der Waals surface area contributed by atoms with Crippen LogP contribution in [0.2, 0.25) is 0 Å². The summed E-state index contributed by atoms with van der Waals surface area (Å²) in [5, 5.41) is 4.13. The quantitative estimate of drug-likeness (QED) is 0.654. The normalized spacial score (nSPS) is 16.3. The van der Waals surface area contributed by atoms with Crippen molar-refractivity contribution in [2.45, 2.75) is 26.2 Å². The number of hydrogen-bond donors (Lipinski definition) is 0. The third-order valence-corrected chi connectivity index (χ3v) is 5.21. The standard InChI is InChI=1S/C22H23N3O4/c1-13-5-7-17(14(2)9-13)25-12-16(11-20(25)26)21-23-22(29-24-21)15-6-8-18(27-3)19(10-15)28-4/h5-10,16H,11-12H2,1-4H3. The van der Waals surface area contributed by atoms with Gasteiger partial charge in [-0.1, -0.05) is 22.9 Å². The van der Waals surface area contributed by atoms with Crippen molar-refractivity contribution in [3.05, 3.63) is 53.3 Å². The van der Waals surface area contributed by atoms with Crippen molar-refractivity contribution in [2.75, 3.05) is 25.7 Å². The second kappa shape index (κ2) is 7.58. The zero-order valence-electron chi connectivity index (χ0n) is 16.9. The predicted octanol–water partition coefficient (Wildman–Crippen LogP) is 3.89. The van der Waals surface area contributed by atoms with E-state index >= 15 is 0 Å². The minimum Gasteiger partial charge on any atom is -0.493 e. The zero-order chi connectivity index (χ0) is 20.5. The van der Waals surface area contributed by atoms with E-state index in [4.69, 9.17) is 14.0 Å². The summed E-state index contributed by atoms with van der Waals surface area (Å²) in [5.74, 6) is 2.09. The van der Waals surface area contributed by atoms with Gasteiger partial charge in [0.2, 0.25) is 5.91 Å². The first-order chi connectivity index (χ1) is 14.0. The third-order valence-electron chi connectivity index (χ3n) is 5.21. The predicted molar refractivity (Wildman–Crippen MR) is 108 cm³/mol. The SMILES string of the molecule is COc1ccc(-c2nc(C3CC(=O)N(c4ccc(C)cc4C)C3)no2)cc1OC. The fourth-order valence-corrected chi connectivity index (χ4v) is 3.71. The van der Waals surface area contributed by atoms with Gasteiger partial charge in [-0.2, -0.15) is 4.98 Å². The maximum atomic E-state index is 12.6. The Bertz CT molecular complexity index is 1060. The number of nitrogens with zero attached hydrogens (tertiary/aromatic N) is 3. The van der Waals surface area contributed by atoms with Crippen LogP contribution in [-0.4, -0.2) is 36.8 Å². The molecule has 3 aromatic rings. The highest BCUT2D eigenvalue weighted by Crippen LogP contribution is 2.35. The maximum absolute atomic E-state index is 12.6. The summed E-state index contributed by atoms with van der Waals surface area (Å²) in [4.78, 5) is 19.0. The molecule has 0 bridgehead atoms. The fourth-order valence-electron chi connectivity index (χ4n) is 3.71. The first-order valence-corrected chi connectivity index (χ1v) is 9.43. The molecular formula is C22H23N3O4. The number of hydrogen-bond acceptors (Lipinski definition) is 6. The first-order valence-electron chi connectivity index (χ1n) is 9.43. The van der Waals surface area contributed by atoms with E-state index in [0.717, 1.165) is 16.8 Å². The summed E-state index contributed by atoms with van der Waals surface area (Å²) in [6.45, 7) is 4.60. The molecule has 1 aromatic heterocycles. The van der Waals surface area contributed by atoms with E-state index in [1.165, 1.54) is 5.56 Å². The summed E-state index contributed by atoms with van der Waals surface area (Å²) >= 11 is 0. The second-order valence-electron chi connectivity index (χ2n) is 7.22. The minimum atomic E-state index is -0.110. The van der Waals surface area contributed by atoms with Gasteiger partial charge in [-0.3, -0.25) is 4.79 Å². The van der Waals surface area contributed by atoms with Crippen LogP contribution in [0.25, 0.3) is 11.5 Å². The van der Waals surface area contributed by atoms with Gasteiger partial charge in [0.1, 0.15) is 0 Å². The monoisotopic (exact) mass is 393 g/mol. The van der Waals surface area contributed by atoms with Crippen LogP contribution in [0.3, 0.4) is 0 Å². The average Bonchev–Trinajstić information content (AvgIpc) is 3.34. The van der Waals surface area contributed by atoms with E-state index in [-0.39, 0.29) is 11.8 Å². The van der Waals surface area contributed by atoms with Gasteiger partial charge in [0.25, 0.3) is 5.89 Å². The van der Waals surface area contributed by atoms with E-state index in [2.05, 4.69) is 16.2 Å². The Labute approximate surface area is 169 Å². The third kappa shape index (κ3) is 3.55. The van der Waals surface area contributed by atoms with Crippen LogP contribution < -0.4 is 14.4 Å². The molecule has 2 aromatic carbocycles. The lowest BCUT2D eigenvalue weighted by Crippen LogP contribution is -2.25. The molecule has 1 aliphatic rings. The smallest absolute Gasteiger partial charge is 0.258 e. The van der Waals surface area contributed by atoms with Gasteiger partial charge in [0, 0.05) is 30.1 Å². The van der Waals surface area contributed by atoms with Crippen molar-refractivity contribution in [1.82, 2.24) is 10.1 Å². The van der Waals surface area contributed by atoms with Crippen LogP contribution in [0.4, 0.5) is 5.69 Å². The van der Waals surface area contributed by atoms with Crippen LogP contribution in [0.15, 0.2) is 40.9 Å². The number of ether oxygens (including phenoxy) is 2. The van der Waals surface area contributed by atoms with Crippen molar-refractivity contribution in [2.24, 2.45) is 0 Å². The number of rotatable bonds is 5. The van der Waals surface area contributed by atoms with Gasteiger partial charge in [0.15, 0.2) is 17.3 Å². The number of anilines is 1. The summed E-state index contributed by atoms with van der Waals surface area (Å²) in [6.07, 6.45) is 0.359. The van der Waals surface area contributed by atoms with Gasteiger partial charge in [-0.05, 0) is 43.7 Å². The van der Waals surface area contributed by atoms with E-state index < -0.39 is 0 Å². The largest absolute Gasteiger partial charge is 0.493 e. The minimum absolute atomic E-state index is 0.0689. The van der Waals surface area contributed by atoms with Crippen molar-refractivity contribution >= 4 is 11.6 Å². The number of carbonyl (C=O) groups excluding carboxylic acids is 1. The van der Waals surface area contributed by atoms with Crippen LogP contribution in [-0.2, 0) is 4.79 Å². The topological polar surface area (TPSA) is 77.7 Å². The molecule has 0 saturated carbocycles. The number of carbonyl (C=O) groups is 1. The molecule has 150 valence electrons. The molecule has 1 fully saturated rings. The van der Waals surface area contributed by atoms with E-state index in [0.29, 0.717) is 36.2 Å². The highest BCUT2D eigenvalue weighted by Gasteiger charge is 2.35. The van der Waals surface area contributed by atoms with Gasteiger partial charge in [-0.25, -0.2) is 0 Å². The molecule has 7 nitrogen and oxygen atoms in total. The summed E-state index contributed by atoms with van der Waals surface area (Å²) in [6, 6.07) is 11.5. The highest BCUT2D eigenvalue weighted by molar-refractivity contribution is 5.97. The van der Waals surface area contributed by atoms with E-state index in [1.54, 1.807) is 26.4 Å². The molecule has 1 aliphatic heterocycles. The maximum Gasteiger partial charge on any atom is 0.258 e.